The summed E-state index contributed by atoms with van der Waals surface area (Å²) in [4.78, 5) is 52.8. The topological polar surface area (TPSA) is 80.8 Å². The van der Waals surface area contributed by atoms with Crippen molar-refractivity contribution in [3.63, 3.8) is 0 Å². The molecule has 3 aliphatic rings. The number of anilines is 1. The molecule has 2 saturated carbocycles. The number of amides is 2. The van der Waals surface area contributed by atoms with E-state index in [9.17, 15) is 19.2 Å². The lowest BCUT2D eigenvalue weighted by atomic mass is 9.81. The maximum Gasteiger partial charge on any atom is 0.338 e. The summed E-state index contributed by atoms with van der Waals surface area (Å²) in [6.07, 6.45) is 0.852. The lowest BCUT2D eigenvalue weighted by Crippen LogP contribution is -2.37. The molecule has 6 nitrogen and oxygen atoms in total. The average molecular weight is 640 g/mol. The summed E-state index contributed by atoms with van der Waals surface area (Å²) in [7, 11) is 0. The highest BCUT2D eigenvalue weighted by molar-refractivity contribution is 9.12. The van der Waals surface area contributed by atoms with Crippen LogP contribution in [-0.4, -0.2) is 39.8 Å². The molecule has 0 radical (unpaired) electrons. The predicted molar refractivity (Wildman–Crippen MR) is 132 cm³/mol. The molecule has 0 unspecified atom stereocenters. The number of rotatable bonds is 5. The van der Waals surface area contributed by atoms with Gasteiger partial charge in [0.15, 0.2) is 12.4 Å². The lowest BCUT2D eigenvalue weighted by molar-refractivity contribution is -0.123. The van der Waals surface area contributed by atoms with Crippen LogP contribution in [-0.2, 0) is 14.3 Å². The van der Waals surface area contributed by atoms with Crippen LogP contribution in [0.4, 0.5) is 5.69 Å². The normalized spacial score (nSPS) is 30.0. The number of nitrogens with zero attached hydrogens (tertiary/aromatic N) is 1. The molecule has 0 aromatic heterocycles. The Hall–Kier alpha value is -1.84. The Bertz CT molecular complexity index is 1130. The first-order chi connectivity index (χ1) is 15.8. The Labute approximate surface area is 215 Å². The highest BCUT2D eigenvalue weighted by atomic mass is 79.9. The van der Waals surface area contributed by atoms with Gasteiger partial charge >= 0.3 is 5.97 Å². The SMILES string of the molecule is O=C(COC(=O)c1cccc(N2C(=O)[C@H]3[C@@H]4C[C@H]([C@@H](Br)[C@H]4Br)[C@@H]3C2=O)c1)c1ccc(Br)cc1. The molecule has 2 bridgehead atoms. The summed E-state index contributed by atoms with van der Waals surface area (Å²) in [5.74, 6) is -1.88. The van der Waals surface area contributed by atoms with Crippen LogP contribution in [0.25, 0.3) is 0 Å². The fourth-order valence-electron chi connectivity index (χ4n) is 5.31. The van der Waals surface area contributed by atoms with Gasteiger partial charge in [-0.15, -0.1) is 0 Å². The van der Waals surface area contributed by atoms with Crippen LogP contribution in [0.5, 0.6) is 0 Å². The third kappa shape index (κ3) is 3.82. The highest BCUT2D eigenvalue weighted by Gasteiger charge is 2.66. The highest BCUT2D eigenvalue weighted by Crippen LogP contribution is 2.60. The predicted octanol–water partition coefficient (Wildman–Crippen LogP) is 4.77. The summed E-state index contributed by atoms with van der Waals surface area (Å²) >= 11 is 10.7. The summed E-state index contributed by atoms with van der Waals surface area (Å²) in [5, 5.41) is 0. The van der Waals surface area contributed by atoms with E-state index in [0.717, 1.165) is 10.9 Å². The van der Waals surface area contributed by atoms with E-state index in [-0.39, 0.29) is 56.5 Å². The molecule has 2 aromatic carbocycles. The third-order valence-corrected chi connectivity index (χ3v) is 10.6. The van der Waals surface area contributed by atoms with E-state index >= 15 is 0 Å². The third-order valence-electron chi connectivity index (χ3n) is 6.83. The zero-order valence-electron chi connectivity index (χ0n) is 17.1. The van der Waals surface area contributed by atoms with E-state index in [0.29, 0.717) is 11.3 Å². The van der Waals surface area contributed by atoms with Gasteiger partial charge in [-0.1, -0.05) is 66.0 Å². The van der Waals surface area contributed by atoms with Gasteiger partial charge in [0.05, 0.1) is 23.1 Å². The van der Waals surface area contributed by atoms with Crippen molar-refractivity contribution in [1.29, 1.82) is 0 Å². The molecule has 2 aromatic rings. The van der Waals surface area contributed by atoms with Crippen molar-refractivity contribution < 1.29 is 23.9 Å². The average Bonchev–Trinajstić information content (AvgIpc) is 3.42. The fourth-order valence-corrected chi connectivity index (χ4v) is 7.45. The molecule has 2 amide bonds. The van der Waals surface area contributed by atoms with E-state index < -0.39 is 12.6 Å². The second-order valence-corrected chi connectivity index (χ2v) is 11.6. The minimum Gasteiger partial charge on any atom is -0.454 e. The van der Waals surface area contributed by atoms with Gasteiger partial charge < -0.3 is 4.74 Å². The molecule has 3 fully saturated rings. The van der Waals surface area contributed by atoms with Crippen LogP contribution in [0.1, 0.15) is 27.1 Å². The number of ketones is 1. The molecule has 1 saturated heterocycles. The number of fused-ring (bicyclic) bond motifs is 5. The van der Waals surface area contributed by atoms with Crippen molar-refractivity contribution in [2.75, 3.05) is 11.5 Å². The van der Waals surface area contributed by atoms with Crippen LogP contribution in [0.3, 0.4) is 0 Å². The van der Waals surface area contributed by atoms with Crippen LogP contribution in [0.2, 0.25) is 0 Å². The number of carbonyl (C=O) groups is 4. The molecule has 170 valence electrons. The van der Waals surface area contributed by atoms with Crippen molar-refractivity contribution in [3.05, 3.63) is 64.1 Å². The first kappa shape index (κ1) is 22.9. The number of benzene rings is 2. The largest absolute Gasteiger partial charge is 0.454 e. The van der Waals surface area contributed by atoms with Crippen molar-refractivity contribution >= 4 is 77.0 Å². The maximum atomic E-state index is 13.2. The molecule has 5 rings (SSSR count). The monoisotopic (exact) mass is 637 g/mol. The van der Waals surface area contributed by atoms with Crippen LogP contribution < -0.4 is 4.90 Å². The van der Waals surface area contributed by atoms with E-state index in [2.05, 4.69) is 47.8 Å². The van der Waals surface area contributed by atoms with Gasteiger partial charge in [0.2, 0.25) is 11.8 Å². The standard InChI is InChI=1S/C24H18Br3NO5/c25-13-6-4-11(5-7-13)17(29)10-33-24(32)12-2-1-3-14(8-12)28-22(30)18-15-9-16(19(18)23(28)31)21(27)20(15)26/h1-8,15-16,18-21H,9-10H2/t15-,16-,18-,19-,20-,21+/m0/s1. The molecule has 0 N–H and O–H groups in total. The quantitative estimate of drug-likeness (QED) is 0.204. The van der Waals surface area contributed by atoms with E-state index in [1.807, 2.05) is 0 Å². The van der Waals surface area contributed by atoms with Crippen molar-refractivity contribution in [1.82, 2.24) is 0 Å². The summed E-state index contributed by atoms with van der Waals surface area (Å²) < 4.78 is 6.03. The van der Waals surface area contributed by atoms with Gasteiger partial charge in [0.1, 0.15) is 0 Å². The summed E-state index contributed by atoms with van der Waals surface area (Å²) in [6.45, 7) is -0.404. The second kappa shape index (κ2) is 8.74. The Morgan fingerprint density at radius 2 is 1.52 bits per heavy atom. The molecule has 6 atom stereocenters. The zero-order valence-corrected chi connectivity index (χ0v) is 21.9. The van der Waals surface area contributed by atoms with Gasteiger partial charge in [-0.05, 0) is 48.6 Å². The minimum atomic E-state index is -0.692. The van der Waals surface area contributed by atoms with Crippen LogP contribution in [0.15, 0.2) is 53.0 Å². The number of imide groups is 1. The number of hydrogen-bond donors (Lipinski definition) is 0. The Morgan fingerprint density at radius 3 is 2.12 bits per heavy atom. The van der Waals surface area contributed by atoms with Gasteiger partial charge in [0.25, 0.3) is 0 Å². The van der Waals surface area contributed by atoms with Gasteiger partial charge in [0, 0.05) is 19.7 Å². The number of alkyl halides is 2. The molecule has 1 aliphatic heterocycles. The molecule has 1 heterocycles. The van der Waals surface area contributed by atoms with E-state index in [1.54, 1.807) is 36.4 Å². The van der Waals surface area contributed by atoms with E-state index in [1.165, 1.54) is 17.0 Å². The Kier molecular flexibility index (Phi) is 6.07. The molecule has 9 heteroatoms. The molecular formula is C24H18Br3NO5. The maximum absolute atomic E-state index is 13.2. The number of Topliss-reactive ketones (excluding diaryl/α,β-unsaturated/α-hetero) is 1. The van der Waals surface area contributed by atoms with Gasteiger partial charge in [-0.3, -0.25) is 19.3 Å². The second-order valence-electron chi connectivity index (χ2n) is 8.57. The molecular weight excluding hydrogens is 622 g/mol. The number of carbonyl (C=O) groups excluding carboxylic acids is 4. The van der Waals surface area contributed by atoms with Crippen molar-refractivity contribution in [3.8, 4) is 0 Å². The summed E-state index contributed by atoms with van der Waals surface area (Å²) in [5.41, 5.74) is 0.961. The Morgan fingerprint density at radius 1 is 0.909 bits per heavy atom. The van der Waals surface area contributed by atoms with Crippen LogP contribution in [0, 0.1) is 23.7 Å². The van der Waals surface area contributed by atoms with Crippen molar-refractivity contribution in [2.45, 2.75) is 16.1 Å². The first-order valence-electron chi connectivity index (χ1n) is 10.5. The lowest BCUT2D eigenvalue weighted by Gasteiger charge is -2.28. The number of esters is 1. The first-order valence-corrected chi connectivity index (χ1v) is 13.1. The van der Waals surface area contributed by atoms with Crippen LogP contribution >= 0.6 is 47.8 Å². The Balaban J connectivity index is 1.31. The number of hydrogen-bond acceptors (Lipinski definition) is 5. The number of halogens is 3. The molecule has 33 heavy (non-hydrogen) atoms. The molecule has 0 spiro atoms. The summed E-state index contributed by atoms with van der Waals surface area (Å²) in [6, 6.07) is 13.0. The van der Waals surface area contributed by atoms with Gasteiger partial charge in [-0.2, -0.15) is 0 Å². The van der Waals surface area contributed by atoms with Gasteiger partial charge in [-0.25, -0.2) is 4.79 Å². The minimum absolute atomic E-state index is 0.114. The number of ether oxygens (including phenoxy) is 1. The fraction of sp³-hybridized carbons (Fsp3) is 0.333. The molecule has 2 aliphatic carbocycles. The zero-order chi connectivity index (χ0) is 23.4. The van der Waals surface area contributed by atoms with Crippen molar-refractivity contribution in [2.24, 2.45) is 23.7 Å². The van der Waals surface area contributed by atoms with E-state index in [4.69, 9.17) is 4.74 Å². The smallest absolute Gasteiger partial charge is 0.338 e.